The molecule has 106 valence electrons. The minimum Gasteiger partial charge on any atom is -0.396 e. The molecule has 0 bridgehead atoms. The third-order valence-corrected chi connectivity index (χ3v) is 4.61. The van der Waals surface area contributed by atoms with E-state index in [-0.39, 0.29) is 6.61 Å². The molecule has 0 atom stereocenters. The molecule has 1 aliphatic heterocycles. The van der Waals surface area contributed by atoms with Crippen LogP contribution in [0.25, 0.3) is 0 Å². The molecule has 19 heavy (non-hydrogen) atoms. The lowest BCUT2D eigenvalue weighted by molar-refractivity contribution is 0.264. The number of anilines is 1. The van der Waals surface area contributed by atoms with Gasteiger partial charge in [0, 0.05) is 29.0 Å². The van der Waals surface area contributed by atoms with Gasteiger partial charge in [0.2, 0.25) is 0 Å². The summed E-state index contributed by atoms with van der Waals surface area (Å²) < 4.78 is 0. The quantitative estimate of drug-likeness (QED) is 0.620. The number of thioether (sulfide) groups is 1. The molecule has 0 unspecified atom stereocenters. The lowest BCUT2D eigenvalue weighted by atomic mass is 10.1. The monoisotopic (exact) mass is 280 g/mol. The third-order valence-electron chi connectivity index (χ3n) is 3.51. The van der Waals surface area contributed by atoms with Crippen LogP contribution in [0.4, 0.5) is 5.69 Å². The van der Waals surface area contributed by atoms with E-state index in [1.165, 1.54) is 36.5 Å². The standard InChI is InChI=1S/C15H24N2OS/c1-17-9-7-14(8-10-17)16-13-3-5-15(6-4-13)19-12-2-11-18/h3-6,14,16,18H,2,7-12H2,1H3. The van der Waals surface area contributed by atoms with E-state index in [9.17, 15) is 0 Å². The van der Waals surface area contributed by atoms with Gasteiger partial charge in [0.15, 0.2) is 0 Å². The Kier molecular flexibility index (Phi) is 6.01. The summed E-state index contributed by atoms with van der Waals surface area (Å²) in [5, 5.41) is 12.4. The van der Waals surface area contributed by atoms with E-state index in [4.69, 9.17) is 5.11 Å². The maximum Gasteiger partial charge on any atom is 0.0439 e. The zero-order valence-corrected chi connectivity index (χ0v) is 12.5. The van der Waals surface area contributed by atoms with Gasteiger partial charge in [-0.05, 0) is 63.7 Å². The molecule has 0 spiro atoms. The Bertz CT molecular complexity index is 361. The first-order valence-electron chi connectivity index (χ1n) is 7.07. The van der Waals surface area contributed by atoms with Gasteiger partial charge >= 0.3 is 0 Å². The number of nitrogens with one attached hydrogen (secondary N) is 1. The van der Waals surface area contributed by atoms with E-state index < -0.39 is 0 Å². The van der Waals surface area contributed by atoms with Crippen LogP contribution in [0.15, 0.2) is 29.2 Å². The summed E-state index contributed by atoms with van der Waals surface area (Å²) >= 11 is 1.81. The van der Waals surface area contributed by atoms with Crippen LogP contribution in [-0.2, 0) is 0 Å². The van der Waals surface area contributed by atoms with Crippen LogP contribution < -0.4 is 5.32 Å². The zero-order valence-electron chi connectivity index (χ0n) is 11.6. The number of rotatable bonds is 6. The van der Waals surface area contributed by atoms with Crippen LogP contribution in [0, 0.1) is 0 Å². The Morgan fingerprint density at radius 3 is 2.58 bits per heavy atom. The maximum absolute atomic E-state index is 8.76. The molecule has 0 aliphatic carbocycles. The maximum atomic E-state index is 8.76. The molecule has 1 heterocycles. The second-order valence-electron chi connectivity index (χ2n) is 5.17. The highest BCUT2D eigenvalue weighted by Gasteiger charge is 2.15. The van der Waals surface area contributed by atoms with Crippen molar-refractivity contribution in [3.05, 3.63) is 24.3 Å². The number of piperidine rings is 1. The van der Waals surface area contributed by atoms with Gasteiger partial charge in [0.1, 0.15) is 0 Å². The van der Waals surface area contributed by atoms with Gasteiger partial charge in [0.25, 0.3) is 0 Å². The summed E-state index contributed by atoms with van der Waals surface area (Å²) in [7, 11) is 2.19. The van der Waals surface area contributed by atoms with Crippen LogP contribution in [0.2, 0.25) is 0 Å². The van der Waals surface area contributed by atoms with Gasteiger partial charge in [-0.25, -0.2) is 0 Å². The van der Waals surface area contributed by atoms with Crippen molar-refractivity contribution >= 4 is 17.4 Å². The summed E-state index contributed by atoms with van der Waals surface area (Å²) in [6.45, 7) is 2.66. The summed E-state index contributed by atoms with van der Waals surface area (Å²) in [5.41, 5.74) is 1.22. The van der Waals surface area contributed by atoms with Gasteiger partial charge in [-0.15, -0.1) is 11.8 Å². The Hall–Kier alpha value is -0.710. The minimum absolute atomic E-state index is 0.281. The average Bonchev–Trinajstić information content (AvgIpc) is 2.44. The average molecular weight is 280 g/mol. The smallest absolute Gasteiger partial charge is 0.0439 e. The van der Waals surface area contributed by atoms with E-state index in [0.29, 0.717) is 6.04 Å². The molecular weight excluding hydrogens is 256 g/mol. The SMILES string of the molecule is CN1CCC(Nc2ccc(SCCCO)cc2)CC1. The first-order chi connectivity index (χ1) is 9.28. The van der Waals surface area contributed by atoms with Crippen LogP contribution in [0.3, 0.4) is 0 Å². The molecule has 2 N–H and O–H groups in total. The first-order valence-corrected chi connectivity index (χ1v) is 8.05. The van der Waals surface area contributed by atoms with Crippen molar-refractivity contribution in [3.8, 4) is 0 Å². The first kappa shape index (κ1) is 14.7. The molecule has 1 aliphatic rings. The number of hydrogen-bond donors (Lipinski definition) is 2. The Balaban J connectivity index is 1.78. The molecule has 1 aromatic carbocycles. The van der Waals surface area contributed by atoms with Crippen molar-refractivity contribution in [1.29, 1.82) is 0 Å². The molecular formula is C15H24N2OS. The predicted octanol–water partition coefficient (Wildman–Crippen LogP) is 2.67. The number of benzene rings is 1. The van der Waals surface area contributed by atoms with Crippen molar-refractivity contribution in [2.75, 3.05) is 37.8 Å². The summed E-state index contributed by atoms with van der Waals surface area (Å²) in [6, 6.07) is 9.28. The van der Waals surface area contributed by atoms with Gasteiger partial charge in [-0.3, -0.25) is 0 Å². The molecule has 2 rings (SSSR count). The second-order valence-corrected chi connectivity index (χ2v) is 6.34. The Labute approximate surface area is 120 Å². The molecule has 0 aromatic heterocycles. The molecule has 0 amide bonds. The number of nitrogens with zero attached hydrogens (tertiary/aromatic N) is 1. The topological polar surface area (TPSA) is 35.5 Å². The third kappa shape index (κ3) is 5.05. The van der Waals surface area contributed by atoms with Gasteiger partial charge in [0.05, 0.1) is 0 Å². The molecule has 1 fully saturated rings. The molecule has 0 saturated carbocycles. The lowest BCUT2D eigenvalue weighted by Crippen LogP contribution is -2.36. The molecule has 0 radical (unpaired) electrons. The summed E-state index contributed by atoms with van der Waals surface area (Å²) in [5.74, 6) is 0.984. The van der Waals surface area contributed by atoms with E-state index >= 15 is 0 Å². The van der Waals surface area contributed by atoms with Crippen molar-refractivity contribution in [2.24, 2.45) is 0 Å². The van der Waals surface area contributed by atoms with E-state index in [1.54, 1.807) is 11.8 Å². The number of aliphatic hydroxyl groups is 1. The minimum atomic E-state index is 0.281. The number of aliphatic hydroxyl groups excluding tert-OH is 1. The molecule has 3 nitrogen and oxygen atoms in total. The molecule has 1 saturated heterocycles. The lowest BCUT2D eigenvalue weighted by Gasteiger charge is -2.30. The summed E-state index contributed by atoms with van der Waals surface area (Å²) in [6.07, 6.45) is 3.31. The zero-order chi connectivity index (χ0) is 13.5. The van der Waals surface area contributed by atoms with E-state index in [2.05, 4.69) is 41.5 Å². The van der Waals surface area contributed by atoms with Crippen molar-refractivity contribution in [1.82, 2.24) is 4.90 Å². The summed E-state index contributed by atoms with van der Waals surface area (Å²) in [4.78, 5) is 3.67. The Morgan fingerprint density at radius 2 is 1.95 bits per heavy atom. The second kappa shape index (κ2) is 7.78. The van der Waals surface area contributed by atoms with Crippen molar-refractivity contribution in [2.45, 2.75) is 30.2 Å². The Morgan fingerprint density at radius 1 is 1.26 bits per heavy atom. The number of hydrogen-bond acceptors (Lipinski definition) is 4. The highest BCUT2D eigenvalue weighted by molar-refractivity contribution is 7.99. The van der Waals surface area contributed by atoms with E-state index in [1.807, 2.05) is 0 Å². The van der Waals surface area contributed by atoms with Gasteiger partial charge in [-0.1, -0.05) is 0 Å². The molecule has 4 heteroatoms. The van der Waals surface area contributed by atoms with Crippen LogP contribution in [-0.4, -0.2) is 48.5 Å². The van der Waals surface area contributed by atoms with Crippen molar-refractivity contribution < 1.29 is 5.11 Å². The van der Waals surface area contributed by atoms with Crippen LogP contribution in [0.5, 0.6) is 0 Å². The molecule has 1 aromatic rings. The number of likely N-dealkylation sites (tertiary alicyclic amines) is 1. The fourth-order valence-electron chi connectivity index (χ4n) is 2.29. The van der Waals surface area contributed by atoms with Gasteiger partial charge < -0.3 is 15.3 Å². The predicted molar refractivity (Wildman–Crippen MR) is 83.0 cm³/mol. The fourth-order valence-corrected chi connectivity index (χ4v) is 3.13. The highest BCUT2D eigenvalue weighted by Crippen LogP contribution is 2.22. The largest absolute Gasteiger partial charge is 0.396 e. The fraction of sp³-hybridized carbons (Fsp3) is 0.600. The van der Waals surface area contributed by atoms with Crippen LogP contribution in [0.1, 0.15) is 19.3 Å². The van der Waals surface area contributed by atoms with Gasteiger partial charge in [-0.2, -0.15) is 0 Å². The highest BCUT2D eigenvalue weighted by atomic mass is 32.2. The normalized spacial score (nSPS) is 17.6. The van der Waals surface area contributed by atoms with Crippen LogP contribution >= 0.6 is 11.8 Å². The van der Waals surface area contributed by atoms with E-state index in [0.717, 1.165) is 12.2 Å². The van der Waals surface area contributed by atoms with Crippen molar-refractivity contribution in [3.63, 3.8) is 0 Å².